The summed E-state index contributed by atoms with van der Waals surface area (Å²) in [6, 6.07) is 11.5. The molecule has 2 heterocycles. The van der Waals surface area contributed by atoms with Gasteiger partial charge in [0.05, 0.1) is 43.6 Å². The first-order chi connectivity index (χ1) is 14.1. The molecular formula is C21H23FN3O3S+. The van der Waals surface area contributed by atoms with Crippen molar-refractivity contribution in [3.63, 3.8) is 0 Å². The number of halogens is 1. The Bertz CT molecular complexity index is 1000. The van der Waals surface area contributed by atoms with Gasteiger partial charge in [0.15, 0.2) is 5.13 Å². The molecule has 0 unspecified atom stereocenters. The first-order valence-electron chi connectivity index (χ1n) is 9.57. The van der Waals surface area contributed by atoms with Crippen LogP contribution >= 0.6 is 11.3 Å². The zero-order valence-electron chi connectivity index (χ0n) is 16.2. The Morgan fingerprint density at radius 2 is 2.10 bits per heavy atom. The largest absolute Gasteiger partial charge is 0.497 e. The van der Waals surface area contributed by atoms with Crippen LogP contribution in [0.15, 0.2) is 42.5 Å². The molecule has 1 amide bonds. The molecule has 0 saturated carbocycles. The van der Waals surface area contributed by atoms with Gasteiger partial charge in [-0.15, -0.1) is 0 Å². The van der Waals surface area contributed by atoms with Crippen molar-refractivity contribution in [1.82, 2.24) is 4.98 Å². The van der Waals surface area contributed by atoms with Gasteiger partial charge < -0.3 is 14.4 Å². The number of amides is 1. The molecular weight excluding hydrogens is 393 g/mol. The molecule has 1 N–H and O–H groups in total. The van der Waals surface area contributed by atoms with Crippen molar-refractivity contribution in [2.24, 2.45) is 0 Å². The van der Waals surface area contributed by atoms with Crippen LogP contribution in [0.2, 0.25) is 0 Å². The number of carbonyl (C=O) groups excluding carboxylic acids is 1. The lowest BCUT2D eigenvalue weighted by Gasteiger charge is -2.27. The van der Waals surface area contributed by atoms with E-state index in [0.29, 0.717) is 17.2 Å². The van der Waals surface area contributed by atoms with Gasteiger partial charge in [0, 0.05) is 11.6 Å². The van der Waals surface area contributed by atoms with Crippen LogP contribution in [0.5, 0.6) is 5.75 Å². The van der Waals surface area contributed by atoms with Crippen molar-refractivity contribution in [1.29, 1.82) is 0 Å². The summed E-state index contributed by atoms with van der Waals surface area (Å²) in [6.07, 6.45) is 0. The molecule has 8 heteroatoms. The maximum absolute atomic E-state index is 13.7. The summed E-state index contributed by atoms with van der Waals surface area (Å²) in [5.41, 5.74) is 1.10. The van der Waals surface area contributed by atoms with E-state index in [-0.39, 0.29) is 5.91 Å². The van der Waals surface area contributed by atoms with Crippen molar-refractivity contribution < 1.29 is 23.6 Å². The molecule has 4 rings (SSSR count). The van der Waals surface area contributed by atoms with Crippen LogP contribution in [-0.2, 0) is 4.74 Å². The molecule has 3 aromatic rings. The highest BCUT2D eigenvalue weighted by Gasteiger charge is 2.24. The number of fused-ring (bicyclic) bond motifs is 1. The Hall–Kier alpha value is -2.55. The van der Waals surface area contributed by atoms with Gasteiger partial charge in [-0.2, -0.15) is 0 Å². The van der Waals surface area contributed by atoms with Crippen LogP contribution in [0.25, 0.3) is 10.2 Å². The third-order valence-electron chi connectivity index (χ3n) is 5.02. The monoisotopic (exact) mass is 416 g/mol. The third kappa shape index (κ3) is 4.55. The van der Waals surface area contributed by atoms with E-state index in [1.54, 1.807) is 24.1 Å². The molecule has 1 aliphatic rings. The van der Waals surface area contributed by atoms with Crippen molar-refractivity contribution in [3.8, 4) is 5.75 Å². The number of benzene rings is 2. The van der Waals surface area contributed by atoms with E-state index in [0.717, 1.165) is 48.8 Å². The average molecular weight is 416 g/mol. The fraction of sp³-hybridized carbons (Fsp3) is 0.333. The van der Waals surface area contributed by atoms with Gasteiger partial charge in [-0.05, 0) is 30.3 Å². The Morgan fingerprint density at radius 1 is 1.28 bits per heavy atom. The standard InChI is InChI=1S/C21H22FN3O3S/c1-27-17-5-6-19-18(14-17)23-21(29-19)25(8-7-24-9-11-28-12-10-24)20(26)15-3-2-4-16(22)13-15/h2-6,13-14H,7-12H2,1H3/p+1. The third-order valence-corrected chi connectivity index (χ3v) is 6.08. The summed E-state index contributed by atoms with van der Waals surface area (Å²) in [6.45, 7) is 4.57. The minimum Gasteiger partial charge on any atom is -0.497 e. The van der Waals surface area contributed by atoms with E-state index in [2.05, 4.69) is 4.98 Å². The predicted molar refractivity (Wildman–Crippen MR) is 111 cm³/mol. The highest BCUT2D eigenvalue weighted by Crippen LogP contribution is 2.31. The Labute approximate surface area is 172 Å². The van der Waals surface area contributed by atoms with Crippen LogP contribution in [0.3, 0.4) is 0 Å². The van der Waals surface area contributed by atoms with E-state index in [1.165, 1.54) is 28.4 Å². The summed E-state index contributed by atoms with van der Waals surface area (Å²) in [5.74, 6) is 0.0435. The number of hydrogen-bond donors (Lipinski definition) is 1. The quantitative estimate of drug-likeness (QED) is 0.668. The second kappa shape index (κ2) is 8.86. The average Bonchev–Trinajstić information content (AvgIpc) is 3.17. The van der Waals surface area contributed by atoms with Gasteiger partial charge in [-0.3, -0.25) is 9.69 Å². The number of thiazole rings is 1. The number of ether oxygens (including phenoxy) is 2. The van der Waals surface area contributed by atoms with E-state index in [9.17, 15) is 9.18 Å². The zero-order chi connectivity index (χ0) is 20.2. The number of morpholine rings is 1. The maximum atomic E-state index is 13.7. The number of quaternary nitrogens is 1. The number of hydrogen-bond acceptors (Lipinski definition) is 5. The highest BCUT2D eigenvalue weighted by molar-refractivity contribution is 7.22. The van der Waals surface area contributed by atoms with E-state index >= 15 is 0 Å². The SMILES string of the molecule is COc1ccc2sc(N(CC[NH+]3CCOCC3)C(=O)c3cccc(F)c3)nc2c1. The van der Waals surface area contributed by atoms with Gasteiger partial charge in [-0.1, -0.05) is 17.4 Å². The zero-order valence-corrected chi connectivity index (χ0v) is 17.0. The van der Waals surface area contributed by atoms with Crippen LogP contribution < -0.4 is 14.5 Å². The van der Waals surface area contributed by atoms with Gasteiger partial charge in [-0.25, -0.2) is 9.37 Å². The van der Waals surface area contributed by atoms with E-state index < -0.39 is 5.82 Å². The van der Waals surface area contributed by atoms with Gasteiger partial charge >= 0.3 is 0 Å². The van der Waals surface area contributed by atoms with Crippen molar-refractivity contribution in [3.05, 3.63) is 53.8 Å². The second-order valence-corrected chi connectivity index (χ2v) is 7.92. The second-order valence-electron chi connectivity index (χ2n) is 6.91. The van der Waals surface area contributed by atoms with Crippen LogP contribution in [0, 0.1) is 5.82 Å². The fourth-order valence-corrected chi connectivity index (χ4v) is 4.35. The minimum absolute atomic E-state index is 0.247. The molecule has 152 valence electrons. The minimum atomic E-state index is -0.427. The fourth-order valence-electron chi connectivity index (χ4n) is 3.38. The van der Waals surface area contributed by atoms with Crippen molar-refractivity contribution in [2.75, 3.05) is 51.4 Å². The van der Waals surface area contributed by atoms with Crippen LogP contribution in [0.4, 0.5) is 9.52 Å². The van der Waals surface area contributed by atoms with E-state index in [4.69, 9.17) is 9.47 Å². The summed E-state index contributed by atoms with van der Waals surface area (Å²) in [4.78, 5) is 21.0. The summed E-state index contributed by atoms with van der Waals surface area (Å²) < 4.78 is 25.4. The molecule has 6 nitrogen and oxygen atoms in total. The molecule has 29 heavy (non-hydrogen) atoms. The lowest BCUT2D eigenvalue weighted by atomic mass is 10.2. The van der Waals surface area contributed by atoms with Crippen LogP contribution in [0.1, 0.15) is 10.4 Å². The van der Waals surface area contributed by atoms with Crippen molar-refractivity contribution in [2.45, 2.75) is 0 Å². The summed E-state index contributed by atoms with van der Waals surface area (Å²) >= 11 is 1.45. The maximum Gasteiger partial charge on any atom is 0.260 e. The first-order valence-corrected chi connectivity index (χ1v) is 10.4. The highest BCUT2D eigenvalue weighted by atomic mass is 32.1. The smallest absolute Gasteiger partial charge is 0.260 e. The molecule has 1 aromatic heterocycles. The number of anilines is 1. The van der Waals surface area contributed by atoms with Crippen molar-refractivity contribution >= 4 is 32.6 Å². The number of carbonyl (C=O) groups is 1. The predicted octanol–water partition coefficient (Wildman–Crippen LogP) is 2.01. The summed E-state index contributed by atoms with van der Waals surface area (Å²) in [7, 11) is 1.61. The number of methoxy groups -OCH3 is 1. The van der Waals surface area contributed by atoms with Gasteiger partial charge in [0.2, 0.25) is 0 Å². The Balaban J connectivity index is 1.64. The topological polar surface area (TPSA) is 56.1 Å². The number of nitrogens with zero attached hydrogens (tertiary/aromatic N) is 2. The van der Waals surface area contributed by atoms with Gasteiger partial charge in [0.1, 0.15) is 24.7 Å². The summed E-state index contributed by atoms with van der Waals surface area (Å²) in [5, 5.41) is 0.607. The van der Waals surface area contributed by atoms with E-state index in [1.807, 2.05) is 18.2 Å². The van der Waals surface area contributed by atoms with Gasteiger partial charge in [0.25, 0.3) is 5.91 Å². The number of aromatic nitrogens is 1. The lowest BCUT2D eigenvalue weighted by molar-refractivity contribution is -0.906. The number of rotatable bonds is 6. The molecule has 1 fully saturated rings. The molecule has 1 aliphatic heterocycles. The molecule has 0 aliphatic carbocycles. The normalized spacial score (nSPS) is 14.8. The molecule has 0 atom stereocenters. The molecule has 0 spiro atoms. The molecule has 1 saturated heterocycles. The molecule has 2 aromatic carbocycles. The Kier molecular flexibility index (Phi) is 6.03. The molecule has 0 radical (unpaired) electrons. The number of nitrogens with one attached hydrogen (secondary N) is 1. The molecule has 0 bridgehead atoms. The van der Waals surface area contributed by atoms with Crippen LogP contribution in [-0.4, -0.2) is 57.4 Å². The Morgan fingerprint density at radius 3 is 2.86 bits per heavy atom. The lowest BCUT2D eigenvalue weighted by Crippen LogP contribution is -3.14. The first kappa shape index (κ1) is 19.8.